The lowest BCUT2D eigenvalue weighted by molar-refractivity contribution is -0.152. The minimum atomic E-state index is -0.697. The van der Waals surface area contributed by atoms with Crippen molar-refractivity contribution in [2.75, 3.05) is 27.1 Å². The number of benzene rings is 2. The van der Waals surface area contributed by atoms with Crippen LogP contribution in [0.4, 0.5) is 0 Å². The van der Waals surface area contributed by atoms with Crippen LogP contribution in [0, 0.1) is 0 Å². The highest BCUT2D eigenvalue weighted by molar-refractivity contribution is 5.99. The molecule has 2 aromatic carbocycles. The number of hydrogen-bond donors (Lipinski definition) is 1. The van der Waals surface area contributed by atoms with E-state index in [1.54, 1.807) is 44.4 Å². The molecule has 9 nitrogen and oxygen atoms in total. The first-order valence-electron chi connectivity index (χ1n) is 9.17. The summed E-state index contributed by atoms with van der Waals surface area (Å²) < 4.78 is 20.5. The van der Waals surface area contributed by atoms with E-state index in [2.05, 4.69) is 10.5 Å². The van der Waals surface area contributed by atoms with Gasteiger partial charge in [-0.25, -0.2) is 4.79 Å². The van der Waals surface area contributed by atoms with Crippen LogP contribution in [-0.4, -0.2) is 44.7 Å². The average molecular weight is 414 g/mol. The first kappa shape index (κ1) is 21.0. The molecule has 1 amide bonds. The number of rotatable bonds is 9. The van der Waals surface area contributed by atoms with Gasteiger partial charge in [0.15, 0.2) is 18.1 Å². The summed E-state index contributed by atoms with van der Waals surface area (Å²) in [5.74, 6) is 0.912. The molecular weight excluding hydrogens is 392 g/mol. The lowest BCUT2D eigenvalue weighted by atomic mass is 10.1. The van der Waals surface area contributed by atoms with Gasteiger partial charge in [0.25, 0.3) is 5.91 Å². The summed E-state index contributed by atoms with van der Waals surface area (Å²) in [6.07, 6.45) is 0. The molecule has 0 bridgehead atoms. The quantitative estimate of drug-likeness (QED) is 0.380. The van der Waals surface area contributed by atoms with Gasteiger partial charge in [-0.1, -0.05) is 17.3 Å². The number of nitrogens with one attached hydrogen (secondary N) is 1. The molecule has 0 atom stereocenters. The Morgan fingerprint density at radius 2 is 1.83 bits per heavy atom. The van der Waals surface area contributed by atoms with Gasteiger partial charge in [-0.3, -0.25) is 4.79 Å². The van der Waals surface area contributed by atoms with Crippen LogP contribution in [0.15, 0.2) is 47.6 Å². The maximum atomic E-state index is 11.8. The molecule has 0 spiro atoms. The van der Waals surface area contributed by atoms with Crippen LogP contribution in [0.3, 0.4) is 0 Å². The van der Waals surface area contributed by atoms with Crippen LogP contribution in [0.5, 0.6) is 17.2 Å². The van der Waals surface area contributed by atoms with Gasteiger partial charge in [0.1, 0.15) is 5.75 Å². The molecule has 0 saturated heterocycles. The zero-order valence-electron chi connectivity index (χ0n) is 16.7. The largest absolute Gasteiger partial charge is 0.497 e. The van der Waals surface area contributed by atoms with E-state index >= 15 is 0 Å². The maximum absolute atomic E-state index is 11.8. The fourth-order valence-corrected chi connectivity index (χ4v) is 2.54. The predicted molar refractivity (Wildman–Crippen MR) is 107 cm³/mol. The topological polar surface area (TPSA) is 105 Å². The van der Waals surface area contributed by atoms with E-state index in [-0.39, 0.29) is 6.79 Å². The highest BCUT2D eigenvalue weighted by Gasteiger charge is 2.14. The summed E-state index contributed by atoms with van der Waals surface area (Å²) in [6.45, 7) is 1.42. The monoisotopic (exact) mass is 414 g/mol. The van der Waals surface area contributed by atoms with Crippen LogP contribution in [-0.2, 0) is 25.7 Å². The smallest absolute Gasteiger partial charge is 0.347 e. The Kier molecular flexibility index (Phi) is 7.09. The Bertz CT molecular complexity index is 925. The molecule has 0 unspecified atom stereocenters. The van der Waals surface area contributed by atoms with Gasteiger partial charge >= 0.3 is 5.97 Å². The van der Waals surface area contributed by atoms with E-state index in [1.807, 2.05) is 12.1 Å². The molecule has 158 valence electrons. The highest BCUT2D eigenvalue weighted by atomic mass is 16.7. The van der Waals surface area contributed by atoms with E-state index in [9.17, 15) is 9.59 Å². The predicted octanol–water partition coefficient (Wildman–Crippen LogP) is 2.02. The molecule has 1 aliphatic rings. The van der Waals surface area contributed by atoms with Gasteiger partial charge in [0.2, 0.25) is 13.4 Å². The Labute approximate surface area is 173 Å². The van der Waals surface area contributed by atoms with Crippen molar-refractivity contribution in [3.05, 3.63) is 53.6 Å². The minimum Gasteiger partial charge on any atom is -0.497 e. The second-order valence-electron chi connectivity index (χ2n) is 6.30. The number of carbonyl (C=O) groups excluding carboxylic acids is 2. The number of methoxy groups -OCH3 is 1. The van der Waals surface area contributed by atoms with Crippen molar-refractivity contribution in [1.82, 2.24) is 5.32 Å². The van der Waals surface area contributed by atoms with Crippen LogP contribution >= 0.6 is 0 Å². The van der Waals surface area contributed by atoms with Crippen molar-refractivity contribution < 1.29 is 33.4 Å². The summed E-state index contributed by atoms with van der Waals surface area (Å²) in [6, 6.07) is 12.6. The molecule has 0 fully saturated rings. The molecular formula is C21H22N2O7. The third kappa shape index (κ3) is 5.87. The Morgan fingerprint density at radius 1 is 1.07 bits per heavy atom. The van der Waals surface area contributed by atoms with E-state index in [1.165, 1.54) is 0 Å². The Balaban J connectivity index is 1.35. The summed E-state index contributed by atoms with van der Waals surface area (Å²) in [4.78, 5) is 28.5. The SMILES string of the molecule is COc1ccc(CNC(=O)COC(=O)CO/N=C(\C)c2ccc3c(c2)OCO3)cc1. The summed E-state index contributed by atoms with van der Waals surface area (Å²) in [7, 11) is 1.58. The van der Waals surface area contributed by atoms with Crippen molar-refractivity contribution in [2.24, 2.45) is 5.16 Å². The van der Waals surface area contributed by atoms with E-state index < -0.39 is 25.1 Å². The number of fused-ring (bicyclic) bond motifs is 1. The van der Waals surface area contributed by atoms with Crippen molar-refractivity contribution >= 4 is 17.6 Å². The molecule has 1 aliphatic heterocycles. The average Bonchev–Trinajstić information content (AvgIpc) is 3.24. The lowest BCUT2D eigenvalue weighted by Crippen LogP contribution is -2.29. The second-order valence-corrected chi connectivity index (χ2v) is 6.30. The van der Waals surface area contributed by atoms with Gasteiger partial charge in [0.05, 0.1) is 12.8 Å². The molecule has 1 N–H and O–H groups in total. The standard InChI is InChI=1S/C21H22N2O7/c1-14(16-5-8-18-19(9-16)29-13-28-18)23-30-12-21(25)27-11-20(24)22-10-15-3-6-17(26-2)7-4-15/h3-9H,10-13H2,1-2H3,(H,22,24)/b23-14+. The maximum Gasteiger partial charge on any atom is 0.347 e. The number of carbonyl (C=O) groups is 2. The van der Waals surface area contributed by atoms with Crippen LogP contribution < -0.4 is 19.5 Å². The number of amides is 1. The number of ether oxygens (including phenoxy) is 4. The summed E-state index contributed by atoms with van der Waals surface area (Å²) in [5, 5.41) is 6.55. The Hall–Kier alpha value is -3.75. The van der Waals surface area contributed by atoms with E-state index in [4.69, 9.17) is 23.8 Å². The molecule has 1 heterocycles. The summed E-state index contributed by atoms with van der Waals surface area (Å²) >= 11 is 0. The number of oxime groups is 1. The molecule has 2 aromatic rings. The molecule has 9 heteroatoms. The summed E-state index contributed by atoms with van der Waals surface area (Å²) in [5.41, 5.74) is 2.22. The second kappa shape index (κ2) is 10.1. The molecule has 0 radical (unpaired) electrons. The fraction of sp³-hybridized carbons (Fsp3) is 0.286. The molecule has 0 saturated carbocycles. The number of esters is 1. The van der Waals surface area contributed by atoms with Gasteiger partial charge in [-0.05, 0) is 42.8 Å². The highest BCUT2D eigenvalue weighted by Crippen LogP contribution is 2.32. The third-order valence-corrected chi connectivity index (χ3v) is 4.19. The molecule has 0 aromatic heterocycles. The van der Waals surface area contributed by atoms with Crippen molar-refractivity contribution in [3.8, 4) is 17.2 Å². The van der Waals surface area contributed by atoms with Gasteiger partial charge in [0, 0.05) is 12.1 Å². The fourth-order valence-electron chi connectivity index (χ4n) is 2.54. The van der Waals surface area contributed by atoms with Crippen LogP contribution in [0.1, 0.15) is 18.1 Å². The third-order valence-electron chi connectivity index (χ3n) is 4.19. The first-order chi connectivity index (χ1) is 14.5. The molecule has 0 aliphatic carbocycles. The Morgan fingerprint density at radius 3 is 2.60 bits per heavy atom. The zero-order valence-corrected chi connectivity index (χ0v) is 16.7. The van der Waals surface area contributed by atoms with Crippen LogP contribution in [0.2, 0.25) is 0 Å². The minimum absolute atomic E-state index is 0.186. The van der Waals surface area contributed by atoms with Gasteiger partial charge < -0.3 is 29.1 Å². The zero-order chi connectivity index (χ0) is 21.3. The van der Waals surface area contributed by atoms with Crippen molar-refractivity contribution in [3.63, 3.8) is 0 Å². The van der Waals surface area contributed by atoms with Crippen molar-refractivity contribution in [1.29, 1.82) is 0 Å². The van der Waals surface area contributed by atoms with E-state index in [0.29, 0.717) is 23.8 Å². The van der Waals surface area contributed by atoms with E-state index in [0.717, 1.165) is 16.9 Å². The number of hydrogen-bond acceptors (Lipinski definition) is 8. The first-order valence-corrected chi connectivity index (χ1v) is 9.17. The lowest BCUT2D eigenvalue weighted by Gasteiger charge is -2.07. The number of nitrogens with zero attached hydrogens (tertiary/aromatic N) is 1. The van der Waals surface area contributed by atoms with Gasteiger partial charge in [-0.15, -0.1) is 0 Å². The molecule has 30 heavy (non-hydrogen) atoms. The van der Waals surface area contributed by atoms with Crippen molar-refractivity contribution in [2.45, 2.75) is 13.5 Å². The van der Waals surface area contributed by atoms with Crippen LogP contribution in [0.25, 0.3) is 0 Å². The van der Waals surface area contributed by atoms with Gasteiger partial charge in [-0.2, -0.15) is 0 Å². The normalized spacial score (nSPS) is 12.3. The molecule has 3 rings (SSSR count).